The van der Waals surface area contributed by atoms with Crippen molar-refractivity contribution in [3.63, 3.8) is 0 Å². The summed E-state index contributed by atoms with van der Waals surface area (Å²) in [5.41, 5.74) is 9.57. The number of benzene rings is 3. The first kappa shape index (κ1) is 20.6. The van der Waals surface area contributed by atoms with Crippen LogP contribution in [0.25, 0.3) is 38.9 Å². The van der Waals surface area contributed by atoms with E-state index in [1.54, 1.807) is 0 Å². The lowest BCUT2D eigenvalue weighted by Crippen LogP contribution is -2.37. The molecule has 0 saturated carbocycles. The van der Waals surface area contributed by atoms with Gasteiger partial charge in [0.15, 0.2) is 13.2 Å². The Hall–Kier alpha value is -3.33. The molecule has 2 aromatic heterocycles. The van der Waals surface area contributed by atoms with Crippen LogP contribution in [0.1, 0.15) is 56.2 Å². The fraction of sp³-hybridized carbons (Fsp3) is 0.276. The predicted molar refractivity (Wildman–Crippen MR) is 133 cm³/mol. The molecule has 2 heterocycles. The maximum atomic E-state index is 6.50. The second-order valence-electron chi connectivity index (χ2n) is 9.41. The first-order chi connectivity index (χ1) is 15.4. The summed E-state index contributed by atoms with van der Waals surface area (Å²) in [6.45, 7) is 11.3. The number of aromatic nitrogens is 2. The molecule has 0 amide bonds. The molecule has 0 N–H and O–H groups in total. The standard InChI is InChI=1S/C29H31N2O/c1-18(2)22-17-23-21-12-8-10-14-26(21)32-29(23)27(19(3)4)28(22)25-15-16-30(6)31(25)24-13-9-7-11-20(24)5/h7-19H,1-6H3/q+1. The van der Waals surface area contributed by atoms with Crippen LogP contribution in [0.3, 0.4) is 0 Å². The molecule has 0 radical (unpaired) electrons. The third-order valence-electron chi connectivity index (χ3n) is 6.53. The molecule has 0 atom stereocenters. The van der Waals surface area contributed by atoms with Gasteiger partial charge in [0.2, 0.25) is 0 Å². The van der Waals surface area contributed by atoms with Gasteiger partial charge in [-0.15, -0.1) is 9.36 Å². The van der Waals surface area contributed by atoms with Gasteiger partial charge in [-0.3, -0.25) is 0 Å². The zero-order valence-electron chi connectivity index (χ0n) is 19.8. The van der Waals surface area contributed by atoms with E-state index in [0.717, 1.165) is 11.2 Å². The molecular formula is C29H31N2O+. The lowest BCUT2D eigenvalue weighted by atomic mass is 9.85. The van der Waals surface area contributed by atoms with Crippen LogP contribution in [0, 0.1) is 6.92 Å². The highest BCUT2D eigenvalue weighted by molar-refractivity contribution is 6.08. The molecule has 0 unspecified atom stereocenters. The van der Waals surface area contributed by atoms with Gasteiger partial charge >= 0.3 is 0 Å². The van der Waals surface area contributed by atoms with Gasteiger partial charge in [0, 0.05) is 28.0 Å². The predicted octanol–water partition coefficient (Wildman–Crippen LogP) is 7.42. The van der Waals surface area contributed by atoms with E-state index in [-0.39, 0.29) is 0 Å². The van der Waals surface area contributed by atoms with Crippen LogP contribution in [-0.2, 0) is 7.05 Å². The first-order valence-corrected chi connectivity index (χ1v) is 11.5. The molecular weight excluding hydrogens is 392 g/mol. The van der Waals surface area contributed by atoms with Crippen molar-refractivity contribution in [3.05, 3.63) is 83.6 Å². The van der Waals surface area contributed by atoms with Crippen LogP contribution >= 0.6 is 0 Å². The van der Waals surface area contributed by atoms with Crippen molar-refractivity contribution in [3.8, 4) is 16.9 Å². The number of nitrogens with zero attached hydrogens (tertiary/aromatic N) is 2. The van der Waals surface area contributed by atoms with Crippen LogP contribution in [-0.4, -0.2) is 4.68 Å². The Morgan fingerprint density at radius 3 is 2.28 bits per heavy atom. The Morgan fingerprint density at radius 2 is 1.56 bits per heavy atom. The second-order valence-corrected chi connectivity index (χ2v) is 9.41. The van der Waals surface area contributed by atoms with E-state index in [9.17, 15) is 0 Å². The summed E-state index contributed by atoms with van der Waals surface area (Å²) in [4.78, 5) is 0. The largest absolute Gasteiger partial charge is 0.456 e. The summed E-state index contributed by atoms with van der Waals surface area (Å²) < 4.78 is 11.0. The maximum Gasteiger partial charge on any atom is 0.196 e. The second kappa shape index (κ2) is 7.67. The van der Waals surface area contributed by atoms with Crippen LogP contribution in [0.4, 0.5) is 0 Å². The van der Waals surface area contributed by atoms with Crippen LogP contribution in [0.15, 0.2) is 71.3 Å². The summed E-state index contributed by atoms with van der Waals surface area (Å²) in [6.07, 6.45) is 2.15. The van der Waals surface area contributed by atoms with E-state index in [1.807, 2.05) is 6.07 Å². The van der Waals surface area contributed by atoms with Crippen LogP contribution < -0.4 is 4.68 Å². The molecule has 0 bridgehead atoms. The molecule has 3 heteroatoms. The fourth-order valence-electron chi connectivity index (χ4n) is 4.97. The highest BCUT2D eigenvalue weighted by Crippen LogP contribution is 2.44. The van der Waals surface area contributed by atoms with Gasteiger partial charge < -0.3 is 4.42 Å². The zero-order valence-corrected chi connectivity index (χ0v) is 19.8. The van der Waals surface area contributed by atoms with E-state index in [4.69, 9.17) is 4.42 Å². The quantitative estimate of drug-likeness (QED) is 0.276. The number of hydrogen-bond acceptors (Lipinski definition) is 1. The highest BCUT2D eigenvalue weighted by Gasteiger charge is 2.28. The molecule has 5 rings (SSSR count). The normalized spacial score (nSPS) is 12.0. The van der Waals surface area contributed by atoms with Gasteiger partial charge in [-0.05, 0) is 48.1 Å². The lowest BCUT2D eigenvalue weighted by Gasteiger charge is -2.21. The van der Waals surface area contributed by atoms with E-state index >= 15 is 0 Å². The van der Waals surface area contributed by atoms with E-state index in [1.165, 1.54) is 44.4 Å². The molecule has 0 spiro atoms. The number of aryl methyl sites for hydroxylation is 2. The van der Waals surface area contributed by atoms with Crippen LogP contribution in [0.2, 0.25) is 0 Å². The topological polar surface area (TPSA) is 21.9 Å². The minimum atomic E-state index is 0.317. The zero-order chi connectivity index (χ0) is 22.6. The minimum Gasteiger partial charge on any atom is -0.456 e. The molecule has 0 fully saturated rings. The van der Waals surface area contributed by atoms with Crippen molar-refractivity contribution in [2.75, 3.05) is 0 Å². The fourth-order valence-corrected chi connectivity index (χ4v) is 4.97. The Morgan fingerprint density at radius 1 is 0.844 bits per heavy atom. The Balaban J connectivity index is 1.94. The van der Waals surface area contributed by atoms with Crippen molar-refractivity contribution in [1.29, 1.82) is 0 Å². The molecule has 0 aliphatic carbocycles. The molecule has 162 valence electrons. The number of furan rings is 1. The smallest absolute Gasteiger partial charge is 0.196 e. The van der Waals surface area contributed by atoms with Gasteiger partial charge in [-0.1, -0.05) is 64.1 Å². The SMILES string of the molecule is Cc1ccccc1-n1c(-c2c(C(C)C)cc3c(oc4ccccc43)c2C(C)C)cc[n+]1C. The molecule has 3 nitrogen and oxygen atoms in total. The van der Waals surface area contributed by atoms with Gasteiger partial charge in [0.1, 0.15) is 22.5 Å². The third kappa shape index (κ3) is 3.07. The molecule has 0 aliphatic heterocycles. The minimum absolute atomic E-state index is 0.317. The van der Waals surface area contributed by atoms with Gasteiger partial charge in [-0.2, -0.15) is 0 Å². The van der Waals surface area contributed by atoms with E-state index < -0.39 is 0 Å². The summed E-state index contributed by atoms with van der Waals surface area (Å²) in [5.74, 6) is 0.698. The van der Waals surface area contributed by atoms with Crippen molar-refractivity contribution in [1.82, 2.24) is 4.68 Å². The van der Waals surface area contributed by atoms with Crippen molar-refractivity contribution in [2.45, 2.75) is 46.5 Å². The van der Waals surface area contributed by atoms with Crippen molar-refractivity contribution < 1.29 is 9.10 Å². The molecule has 32 heavy (non-hydrogen) atoms. The first-order valence-electron chi connectivity index (χ1n) is 11.5. The van der Waals surface area contributed by atoms with Gasteiger partial charge in [0.25, 0.3) is 0 Å². The Bertz CT molecular complexity index is 1450. The van der Waals surface area contributed by atoms with Crippen molar-refractivity contribution >= 4 is 21.9 Å². The number of rotatable bonds is 4. The third-order valence-corrected chi connectivity index (χ3v) is 6.53. The summed E-state index contributed by atoms with van der Waals surface area (Å²) in [6, 6.07) is 21.6. The van der Waals surface area contributed by atoms with Gasteiger partial charge in [-0.25, -0.2) is 0 Å². The molecule has 0 saturated heterocycles. The Labute approximate surface area is 189 Å². The number of fused-ring (bicyclic) bond motifs is 3. The van der Waals surface area contributed by atoms with E-state index in [2.05, 4.69) is 112 Å². The monoisotopic (exact) mass is 423 g/mol. The average Bonchev–Trinajstić information content (AvgIpc) is 3.32. The van der Waals surface area contributed by atoms with Crippen molar-refractivity contribution in [2.24, 2.45) is 7.05 Å². The summed E-state index contributed by atoms with van der Waals surface area (Å²) in [5, 5.41) is 2.41. The average molecular weight is 424 g/mol. The number of hydrogen-bond donors (Lipinski definition) is 0. The lowest BCUT2D eigenvalue weighted by molar-refractivity contribution is -0.743. The molecule has 3 aromatic carbocycles. The summed E-state index contributed by atoms with van der Waals surface area (Å²) in [7, 11) is 2.11. The number of para-hydroxylation sites is 2. The molecule has 5 aromatic rings. The van der Waals surface area contributed by atoms with Gasteiger partial charge in [0.05, 0.1) is 0 Å². The summed E-state index contributed by atoms with van der Waals surface area (Å²) >= 11 is 0. The molecule has 0 aliphatic rings. The Kier molecular flexibility index (Phi) is 4.93. The van der Waals surface area contributed by atoms with Crippen LogP contribution in [0.5, 0.6) is 0 Å². The highest BCUT2D eigenvalue weighted by atomic mass is 16.3. The maximum absolute atomic E-state index is 6.50. The van der Waals surface area contributed by atoms with E-state index in [0.29, 0.717) is 11.8 Å².